The third-order valence-electron chi connectivity index (χ3n) is 5.46. The summed E-state index contributed by atoms with van der Waals surface area (Å²) in [6.07, 6.45) is 7.46. The Balaban J connectivity index is 1.66. The molecule has 0 bridgehead atoms. The fraction of sp³-hybridized carbons (Fsp3) is 0.115. The molecule has 6 nitrogen and oxygen atoms in total. The quantitative estimate of drug-likeness (QED) is 0.406. The number of rotatable bonds is 5. The molecule has 0 aliphatic carbocycles. The molecule has 0 aliphatic rings. The number of benzene rings is 2. The van der Waals surface area contributed by atoms with E-state index in [0.717, 1.165) is 38.7 Å². The first kappa shape index (κ1) is 19.8. The second kappa shape index (κ2) is 8.51. The van der Waals surface area contributed by atoms with Crippen LogP contribution in [-0.4, -0.2) is 30.6 Å². The number of nitrogens with one attached hydrogen (secondary N) is 1. The maximum Gasteiger partial charge on any atom is 0.205 e. The molecule has 5 aromatic rings. The molecule has 32 heavy (non-hydrogen) atoms. The summed E-state index contributed by atoms with van der Waals surface area (Å²) < 4.78 is 0. The molecule has 0 unspecified atom stereocenters. The fourth-order valence-corrected chi connectivity index (χ4v) is 3.81. The fourth-order valence-electron chi connectivity index (χ4n) is 3.81. The van der Waals surface area contributed by atoms with Gasteiger partial charge < -0.3 is 0 Å². The zero-order valence-electron chi connectivity index (χ0n) is 17.9. The Kier molecular flexibility index (Phi) is 5.25. The Morgan fingerprint density at radius 3 is 2.66 bits per heavy atom. The van der Waals surface area contributed by atoms with Crippen molar-refractivity contribution in [2.24, 2.45) is 0 Å². The van der Waals surface area contributed by atoms with Gasteiger partial charge in [-0.25, -0.2) is 0 Å². The summed E-state index contributed by atoms with van der Waals surface area (Å²) in [6.45, 7) is 4.43. The lowest BCUT2D eigenvalue weighted by Crippen LogP contribution is -1.93. The molecule has 0 atom stereocenters. The van der Waals surface area contributed by atoms with Crippen molar-refractivity contribution < 1.29 is 0 Å². The van der Waals surface area contributed by atoms with E-state index in [9.17, 15) is 0 Å². The highest BCUT2D eigenvalue weighted by atomic mass is 15.5. The zero-order valence-corrected chi connectivity index (χ0v) is 17.9. The minimum atomic E-state index is 0.428. The lowest BCUT2D eigenvalue weighted by Gasteiger charge is -2.13. The number of aromatic nitrogens is 6. The summed E-state index contributed by atoms with van der Waals surface area (Å²) in [4.78, 5) is 8.93. The number of hydrogen-bond acceptors (Lipinski definition) is 5. The molecular formula is C26H22N6. The van der Waals surface area contributed by atoms with Crippen LogP contribution in [0.4, 0.5) is 0 Å². The van der Waals surface area contributed by atoms with E-state index in [1.54, 1.807) is 12.4 Å². The number of tetrazole rings is 1. The normalized spacial score (nSPS) is 11.9. The van der Waals surface area contributed by atoms with E-state index in [2.05, 4.69) is 93.0 Å². The van der Waals surface area contributed by atoms with Crippen molar-refractivity contribution in [3.05, 3.63) is 102 Å². The van der Waals surface area contributed by atoms with E-state index in [1.807, 2.05) is 24.4 Å². The van der Waals surface area contributed by atoms with Crippen molar-refractivity contribution in [1.29, 1.82) is 0 Å². The molecule has 6 heteroatoms. The molecule has 3 aromatic heterocycles. The van der Waals surface area contributed by atoms with E-state index in [1.165, 1.54) is 5.56 Å². The Bertz CT molecular complexity index is 1390. The largest absolute Gasteiger partial charge is 0.264 e. The van der Waals surface area contributed by atoms with Crippen molar-refractivity contribution in [2.75, 3.05) is 0 Å². The Labute approximate surface area is 186 Å². The molecule has 0 radical (unpaired) electrons. The molecule has 2 aromatic carbocycles. The van der Waals surface area contributed by atoms with Crippen LogP contribution in [-0.2, 0) is 0 Å². The lowest BCUT2D eigenvalue weighted by molar-refractivity contribution is 0.869. The van der Waals surface area contributed by atoms with Crippen LogP contribution in [0.3, 0.4) is 0 Å². The predicted molar refractivity (Wildman–Crippen MR) is 127 cm³/mol. The number of aromatic amines is 1. The van der Waals surface area contributed by atoms with Crippen LogP contribution in [0.5, 0.6) is 0 Å². The first-order chi connectivity index (χ1) is 15.7. The van der Waals surface area contributed by atoms with Crippen LogP contribution in [0.25, 0.3) is 33.7 Å². The van der Waals surface area contributed by atoms with Gasteiger partial charge in [0.1, 0.15) is 0 Å². The van der Waals surface area contributed by atoms with Crippen molar-refractivity contribution in [3.63, 3.8) is 0 Å². The predicted octanol–water partition coefficient (Wildman–Crippen LogP) is 5.52. The van der Waals surface area contributed by atoms with E-state index in [4.69, 9.17) is 0 Å². The molecule has 0 fully saturated rings. The molecule has 0 spiro atoms. The summed E-state index contributed by atoms with van der Waals surface area (Å²) >= 11 is 0. The van der Waals surface area contributed by atoms with Gasteiger partial charge in [0.15, 0.2) is 0 Å². The van der Waals surface area contributed by atoms with Crippen LogP contribution < -0.4 is 0 Å². The lowest BCUT2D eigenvalue weighted by atomic mass is 9.93. The Hall–Kier alpha value is -4.19. The third-order valence-corrected chi connectivity index (χ3v) is 5.46. The molecule has 1 N–H and O–H groups in total. The highest BCUT2D eigenvalue weighted by Gasteiger charge is 2.12. The van der Waals surface area contributed by atoms with Gasteiger partial charge in [-0.2, -0.15) is 5.21 Å². The first-order valence-corrected chi connectivity index (χ1v) is 10.5. The second-order valence-electron chi connectivity index (χ2n) is 7.96. The van der Waals surface area contributed by atoms with E-state index in [-0.39, 0.29) is 0 Å². The van der Waals surface area contributed by atoms with Crippen LogP contribution in [0.2, 0.25) is 0 Å². The summed E-state index contributed by atoms with van der Waals surface area (Å²) in [6, 6.07) is 20.9. The Morgan fingerprint density at radius 1 is 0.969 bits per heavy atom. The highest BCUT2D eigenvalue weighted by Crippen LogP contribution is 2.32. The van der Waals surface area contributed by atoms with Gasteiger partial charge in [0.25, 0.3) is 0 Å². The number of nitrogens with zero attached hydrogens (tertiary/aromatic N) is 5. The maximum absolute atomic E-state index is 4.68. The first-order valence-electron chi connectivity index (χ1n) is 10.5. The number of H-pyrrole nitrogens is 1. The average Bonchev–Trinajstić information content (AvgIpc) is 3.37. The topological polar surface area (TPSA) is 80.2 Å². The number of pyridine rings is 2. The van der Waals surface area contributed by atoms with E-state index in [0.29, 0.717) is 11.7 Å². The van der Waals surface area contributed by atoms with Crippen LogP contribution in [0.1, 0.15) is 42.3 Å². The molecule has 5 rings (SSSR count). The van der Waals surface area contributed by atoms with Crippen molar-refractivity contribution in [1.82, 2.24) is 30.6 Å². The third kappa shape index (κ3) is 3.90. The standard InChI is InChI=1S/C26H22N6/c1-17(2)22-14-20-8-5-11-28-25(20)23(15-22)19-7-3-6-18(12-19)13-24(26-29-31-32-30-26)21-9-4-10-27-16-21/h3-17H,1-2H3,(H,29,30,31,32)/b24-13-. The van der Waals surface area contributed by atoms with Gasteiger partial charge >= 0.3 is 0 Å². The molecule has 0 aliphatic heterocycles. The van der Waals surface area contributed by atoms with E-state index >= 15 is 0 Å². The molecule has 0 saturated carbocycles. The minimum Gasteiger partial charge on any atom is -0.264 e. The zero-order chi connectivity index (χ0) is 21.9. The van der Waals surface area contributed by atoms with Crippen LogP contribution in [0.15, 0.2) is 79.3 Å². The van der Waals surface area contributed by atoms with Gasteiger partial charge in [-0.15, -0.1) is 10.2 Å². The van der Waals surface area contributed by atoms with Gasteiger partial charge in [0.2, 0.25) is 5.82 Å². The summed E-state index contributed by atoms with van der Waals surface area (Å²) in [5.41, 5.74) is 7.35. The van der Waals surface area contributed by atoms with Crippen molar-refractivity contribution in [2.45, 2.75) is 19.8 Å². The summed E-state index contributed by atoms with van der Waals surface area (Å²) in [5, 5.41) is 15.8. The van der Waals surface area contributed by atoms with Crippen molar-refractivity contribution >= 4 is 22.6 Å². The second-order valence-corrected chi connectivity index (χ2v) is 7.96. The van der Waals surface area contributed by atoms with Crippen molar-refractivity contribution in [3.8, 4) is 11.1 Å². The van der Waals surface area contributed by atoms with Gasteiger partial charge in [-0.05, 0) is 64.2 Å². The van der Waals surface area contributed by atoms with Gasteiger partial charge in [-0.3, -0.25) is 9.97 Å². The summed E-state index contributed by atoms with van der Waals surface area (Å²) in [7, 11) is 0. The molecule has 0 amide bonds. The van der Waals surface area contributed by atoms with Gasteiger partial charge in [0, 0.05) is 40.7 Å². The number of fused-ring (bicyclic) bond motifs is 1. The maximum atomic E-state index is 4.68. The smallest absolute Gasteiger partial charge is 0.205 e. The van der Waals surface area contributed by atoms with E-state index < -0.39 is 0 Å². The SMILES string of the molecule is CC(C)c1cc(-c2cccc(/C=C(/c3cccnc3)c3nn[nH]n3)c2)c2ncccc2c1. The number of hydrogen-bond donors (Lipinski definition) is 1. The molecule has 156 valence electrons. The van der Waals surface area contributed by atoms with Gasteiger partial charge in [0.05, 0.1) is 5.52 Å². The van der Waals surface area contributed by atoms with Crippen LogP contribution in [0, 0.1) is 0 Å². The molecular weight excluding hydrogens is 396 g/mol. The van der Waals surface area contributed by atoms with Crippen LogP contribution >= 0.6 is 0 Å². The minimum absolute atomic E-state index is 0.428. The Morgan fingerprint density at radius 2 is 1.88 bits per heavy atom. The van der Waals surface area contributed by atoms with Gasteiger partial charge in [-0.1, -0.05) is 44.2 Å². The molecule has 0 saturated heterocycles. The average molecular weight is 419 g/mol. The summed E-state index contributed by atoms with van der Waals surface area (Å²) in [5.74, 6) is 0.953. The molecule has 3 heterocycles. The highest BCUT2D eigenvalue weighted by molar-refractivity contribution is 5.95. The monoisotopic (exact) mass is 418 g/mol.